The molecule has 6 rings (SSSR count). The van der Waals surface area contributed by atoms with E-state index in [9.17, 15) is 4.79 Å². The average molecular weight is 644 g/mol. The van der Waals surface area contributed by atoms with Crippen molar-refractivity contribution in [1.82, 2.24) is 20.2 Å². The second-order valence-corrected chi connectivity index (χ2v) is 13.1. The topological polar surface area (TPSA) is 90.6 Å². The Balaban J connectivity index is 1.22. The molecular formula is C38H37N5O3S. The molecule has 0 bridgehead atoms. The predicted octanol–water partition coefficient (Wildman–Crippen LogP) is 8.50. The highest BCUT2D eigenvalue weighted by Crippen LogP contribution is 2.32. The van der Waals surface area contributed by atoms with Gasteiger partial charge in [-0.1, -0.05) is 69.3 Å². The number of carbonyl (C=O) groups is 1. The zero-order valence-electron chi connectivity index (χ0n) is 27.2. The Hall–Kier alpha value is -5.28. The van der Waals surface area contributed by atoms with Gasteiger partial charge in [-0.2, -0.15) is 10.2 Å². The van der Waals surface area contributed by atoms with Gasteiger partial charge in [-0.25, -0.2) is 15.1 Å². The fourth-order valence-electron chi connectivity index (χ4n) is 5.25. The summed E-state index contributed by atoms with van der Waals surface area (Å²) in [5, 5.41) is 11.7. The van der Waals surface area contributed by atoms with E-state index in [4.69, 9.17) is 19.6 Å². The van der Waals surface area contributed by atoms with Crippen molar-refractivity contribution in [2.45, 2.75) is 46.6 Å². The van der Waals surface area contributed by atoms with Gasteiger partial charge in [-0.05, 0) is 83.8 Å². The number of hydrogen-bond acceptors (Lipinski definition) is 7. The molecule has 238 valence electrons. The van der Waals surface area contributed by atoms with Crippen LogP contribution in [0.1, 0.15) is 60.4 Å². The maximum atomic E-state index is 13.7. The Bertz CT molecular complexity index is 2030. The van der Waals surface area contributed by atoms with Crippen molar-refractivity contribution in [2.75, 3.05) is 6.61 Å². The number of hydrogen-bond donors (Lipinski definition) is 1. The molecule has 47 heavy (non-hydrogen) atoms. The van der Waals surface area contributed by atoms with Gasteiger partial charge >= 0.3 is 0 Å². The largest absolute Gasteiger partial charge is 0.490 e. The zero-order valence-corrected chi connectivity index (χ0v) is 28.0. The first-order valence-electron chi connectivity index (χ1n) is 15.5. The Morgan fingerprint density at radius 2 is 1.74 bits per heavy atom. The van der Waals surface area contributed by atoms with Gasteiger partial charge in [-0.15, -0.1) is 11.3 Å². The van der Waals surface area contributed by atoms with Crippen molar-refractivity contribution in [3.8, 4) is 27.8 Å². The molecule has 0 fully saturated rings. The SMILES string of the molecule is CCOc1cc(/C=N\NC(=O)c2cc(-c3cccs3)nc3c2c(C)nn3-c2ccccc2)ccc1OCc1ccc(C(C)(C)C)cc1. The van der Waals surface area contributed by atoms with Crippen molar-refractivity contribution in [3.05, 3.63) is 124 Å². The van der Waals surface area contributed by atoms with Gasteiger partial charge in [0.2, 0.25) is 0 Å². The number of fused-ring (bicyclic) bond motifs is 1. The minimum absolute atomic E-state index is 0.0978. The van der Waals surface area contributed by atoms with Crippen molar-refractivity contribution in [3.63, 3.8) is 0 Å². The minimum atomic E-state index is -0.357. The molecule has 8 nitrogen and oxygen atoms in total. The molecule has 3 heterocycles. The van der Waals surface area contributed by atoms with Gasteiger partial charge < -0.3 is 9.47 Å². The van der Waals surface area contributed by atoms with Crippen molar-refractivity contribution >= 4 is 34.5 Å². The van der Waals surface area contributed by atoms with Crippen molar-refractivity contribution < 1.29 is 14.3 Å². The van der Waals surface area contributed by atoms with Gasteiger partial charge in [-0.3, -0.25) is 4.79 Å². The first-order valence-corrected chi connectivity index (χ1v) is 16.4. The van der Waals surface area contributed by atoms with E-state index in [0.717, 1.165) is 21.7 Å². The number of nitrogens with zero attached hydrogens (tertiary/aromatic N) is 4. The molecule has 0 unspecified atom stereocenters. The first-order chi connectivity index (χ1) is 22.7. The highest BCUT2D eigenvalue weighted by Gasteiger charge is 2.21. The third kappa shape index (κ3) is 7.10. The van der Waals surface area contributed by atoms with E-state index < -0.39 is 0 Å². The number of carbonyl (C=O) groups excluding carboxylic acids is 1. The summed E-state index contributed by atoms with van der Waals surface area (Å²) in [6, 6.07) is 29.6. The summed E-state index contributed by atoms with van der Waals surface area (Å²) in [6.07, 6.45) is 1.59. The molecule has 1 amide bonds. The Labute approximate surface area is 278 Å². The van der Waals surface area contributed by atoms with Gasteiger partial charge in [0.05, 0.1) is 45.7 Å². The van der Waals surface area contributed by atoms with E-state index in [1.807, 2.05) is 79.9 Å². The lowest BCUT2D eigenvalue weighted by Crippen LogP contribution is -2.18. The summed E-state index contributed by atoms with van der Waals surface area (Å²) in [4.78, 5) is 19.5. The van der Waals surface area contributed by atoms with Gasteiger partial charge in [0.1, 0.15) is 6.61 Å². The van der Waals surface area contributed by atoms with Crippen LogP contribution in [0.25, 0.3) is 27.3 Å². The van der Waals surface area contributed by atoms with Crippen LogP contribution >= 0.6 is 11.3 Å². The lowest BCUT2D eigenvalue weighted by atomic mass is 9.87. The first kappa shape index (κ1) is 31.7. The summed E-state index contributed by atoms with van der Waals surface area (Å²) in [7, 11) is 0. The van der Waals surface area contributed by atoms with E-state index in [1.165, 1.54) is 5.56 Å². The number of hydrazone groups is 1. The molecule has 0 aliphatic carbocycles. The molecular weight excluding hydrogens is 607 g/mol. The number of nitrogens with one attached hydrogen (secondary N) is 1. The summed E-state index contributed by atoms with van der Waals surface area (Å²) in [6.45, 7) is 11.3. The number of rotatable bonds is 10. The van der Waals surface area contributed by atoms with Crippen LogP contribution in [-0.4, -0.2) is 33.5 Å². The molecule has 0 radical (unpaired) electrons. The standard InChI is InChI=1S/C38H37N5O3S/c1-6-45-33-21-27(16-19-32(33)46-24-26-14-17-28(18-15-26)38(3,4)5)23-39-41-37(44)30-22-31(34-13-10-20-47-34)40-36-35(30)25(2)42-43(36)29-11-8-7-9-12-29/h7-23H,6,24H2,1-5H3,(H,41,44)/b39-23-. The van der Waals surface area contributed by atoms with Gasteiger partial charge in [0.25, 0.3) is 5.91 Å². The number of para-hydroxylation sites is 1. The van der Waals surface area contributed by atoms with E-state index in [1.54, 1.807) is 28.3 Å². The lowest BCUT2D eigenvalue weighted by Gasteiger charge is -2.19. The Morgan fingerprint density at radius 3 is 2.45 bits per heavy atom. The molecule has 3 aromatic heterocycles. The molecule has 0 spiro atoms. The fraction of sp³-hybridized carbons (Fsp3) is 0.211. The molecule has 3 aromatic carbocycles. The predicted molar refractivity (Wildman–Crippen MR) is 189 cm³/mol. The third-order valence-corrected chi connectivity index (χ3v) is 8.59. The van der Waals surface area contributed by atoms with Crippen LogP contribution < -0.4 is 14.9 Å². The van der Waals surface area contributed by atoms with E-state index in [0.29, 0.717) is 52.7 Å². The molecule has 0 atom stereocenters. The van der Waals surface area contributed by atoms with Crippen LogP contribution in [0.3, 0.4) is 0 Å². The maximum Gasteiger partial charge on any atom is 0.272 e. The highest BCUT2D eigenvalue weighted by molar-refractivity contribution is 7.13. The van der Waals surface area contributed by atoms with Crippen LogP contribution in [0.4, 0.5) is 0 Å². The fourth-order valence-corrected chi connectivity index (χ4v) is 5.93. The minimum Gasteiger partial charge on any atom is -0.490 e. The molecule has 9 heteroatoms. The number of amides is 1. The normalized spacial score (nSPS) is 11.7. The number of thiophene rings is 1. The lowest BCUT2D eigenvalue weighted by molar-refractivity contribution is 0.0956. The van der Waals surface area contributed by atoms with Crippen LogP contribution in [0.2, 0.25) is 0 Å². The number of aromatic nitrogens is 3. The van der Waals surface area contributed by atoms with E-state index in [2.05, 4.69) is 55.6 Å². The van der Waals surface area contributed by atoms with Crippen LogP contribution in [0, 0.1) is 6.92 Å². The Kier molecular flexibility index (Phi) is 9.17. The van der Waals surface area contributed by atoms with Crippen LogP contribution in [-0.2, 0) is 12.0 Å². The molecule has 0 aliphatic heterocycles. The van der Waals surface area contributed by atoms with E-state index >= 15 is 0 Å². The summed E-state index contributed by atoms with van der Waals surface area (Å²) < 4.78 is 13.8. The summed E-state index contributed by atoms with van der Waals surface area (Å²) >= 11 is 1.56. The molecule has 0 saturated heterocycles. The summed E-state index contributed by atoms with van der Waals surface area (Å²) in [5.74, 6) is 0.887. The third-order valence-electron chi connectivity index (χ3n) is 7.69. The molecule has 0 aliphatic rings. The summed E-state index contributed by atoms with van der Waals surface area (Å²) in [5.41, 5.74) is 9.23. The second-order valence-electron chi connectivity index (χ2n) is 12.1. The monoisotopic (exact) mass is 643 g/mol. The maximum absolute atomic E-state index is 13.7. The van der Waals surface area contributed by atoms with Gasteiger partial charge in [0.15, 0.2) is 17.1 Å². The van der Waals surface area contributed by atoms with Gasteiger partial charge in [0, 0.05) is 0 Å². The number of aryl methyl sites for hydroxylation is 1. The van der Waals surface area contributed by atoms with Crippen molar-refractivity contribution in [2.24, 2.45) is 5.10 Å². The average Bonchev–Trinajstić information content (AvgIpc) is 3.73. The van der Waals surface area contributed by atoms with E-state index in [-0.39, 0.29) is 11.3 Å². The second kappa shape index (κ2) is 13.6. The van der Waals surface area contributed by atoms with Crippen LogP contribution in [0.5, 0.6) is 11.5 Å². The smallest absolute Gasteiger partial charge is 0.272 e. The molecule has 6 aromatic rings. The molecule has 1 N–H and O–H groups in total. The zero-order chi connectivity index (χ0) is 33.0. The molecule has 0 saturated carbocycles. The number of benzene rings is 3. The quantitative estimate of drug-likeness (QED) is 0.119. The Morgan fingerprint density at radius 1 is 0.957 bits per heavy atom. The van der Waals surface area contributed by atoms with Crippen LogP contribution in [0.15, 0.2) is 101 Å². The number of ether oxygens (including phenoxy) is 2. The van der Waals surface area contributed by atoms with Crippen molar-refractivity contribution in [1.29, 1.82) is 0 Å². The number of pyridine rings is 1. The highest BCUT2D eigenvalue weighted by atomic mass is 32.1.